The molecule has 0 spiro atoms. The Morgan fingerprint density at radius 1 is 1.22 bits per heavy atom. The Morgan fingerprint density at radius 2 is 1.96 bits per heavy atom. The first-order chi connectivity index (χ1) is 13.0. The number of aryl methyl sites for hydroxylation is 1. The second-order valence-electron chi connectivity index (χ2n) is 6.37. The van der Waals surface area contributed by atoms with Crippen molar-refractivity contribution >= 4 is 39.2 Å². The highest BCUT2D eigenvalue weighted by molar-refractivity contribution is 7.16. The molecule has 1 fully saturated rings. The molecular weight excluding hydrogens is 388 g/mol. The summed E-state index contributed by atoms with van der Waals surface area (Å²) in [4.78, 5) is 36.3. The molecule has 3 aromatic rings. The highest BCUT2D eigenvalue weighted by Crippen LogP contribution is 2.29. The fraction of sp³-hybridized carbons (Fsp3) is 0.353. The standard InChI is InChI=1S/C17H15ClN6O2S/c1-22-13-6-10(18)8-20-14(13)24(16(26)15(22)25)11-2-4-23(5-3-11)17-21-9-12(7-19)27-17/h6,8-9,11H,2-5H2,1H3. The monoisotopic (exact) mass is 402 g/mol. The molecule has 0 aromatic carbocycles. The van der Waals surface area contributed by atoms with Crippen molar-refractivity contribution in [3.8, 4) is 6.07 Å². The van der Waals surface area contributed by atoms with Crippen LogP contribution in [0.4, 0.5) is 5.13 Å². The number of hydrogen-bond donors (Lipinski definition) is 0. The molecule has 0 amide bonds. The lowest BCUT2D eigenvalue weighted by molar-refractivity contribution is 0.392. The van der Waals surface area contributed by atoms with Crippen molar-refractivity contribution in [2.75, 3.05) is 18.0 Å². The van der Waals surface area contributed by atoms with Gasteiger partial charge < -0.3 is 9.47 Å². The van der Waals surface area contributed by atoms with Gasteiger partial charge in [0, 0.05) is 32.4 Å². The van der Waals surface area contributed by atoms with Crippen molar-refractivity contribution in [3.05, 3.63) is 49.1 Å². The maximum atomic E-state index is 12.7. The lowest BCUT2D eigenvalue weighted by atomic mass is 10.0. The predicted molar refractivity (Wildman–Crippen MR) is 104 cm³/mol. The van der Waals surface area contributed by atoms with E-state index in [2.05, 4.69) is 20.9 Å². The van der Waals surface area contributed by atoms with Crippen LogP contribution in [0.5, 0.6) is 0 Å². The average molecular weight is 403 g/mol. The van der Waals surface area contributed by atoms with Crippen molar-refractivity contribution in [2.24, 2.45) is 7.05 Å². The highest BCUT2D eigenvalue weighted by atomic mass is 35.5. The van der Waals surface area contributed by atoms with Crippen molar-refractivity contribution in [1.82, 2.24) is 19.1 Å². The molecular formula is C17H15ClN6O2S. The normalized spacial score (nSPS) is 15.2. The SMILES string of the molecule is Cn1c(=O)c(=O)n(C2CCN(c3ncc(C#N)s3)CC2)c2ncc(Cl)cc21. The number of nitriles is 1. The summed E-state index contributed by atoms with van der Waals surface area (Å²) in [6.45, 7) is 1.36. The van der Waals surface area contributed by atoms with E-state index in [-0.39, 0.29) is 6.04 Å². The summed E-state index contributed by atoms with van der Waals surface area (Å²) in [6.07, 6.45) is 4.40. The first-order valence-corrected chi connectivity index (χ1v) is 9.56. The Kier molecular flexibility index (Phi) is 4.45. The lowest BCUT2D eigenvalue weighted by Gasteiger charge is -2.33. The number of aromatic nitrogens is 4. The Morgan fingerprint density at radius 3 is 2.63 bits per heavy atom. The zero-order valence-electron chi connectivity index (χ0n) is 14.4. The van der Waals surface area contributed by atoms with E-state index in [1.807, 2.05) is 0 Å². The molecule has 4 heterocycles. The minimum Gasteiger partial charge on any atom is -0.348 e. The van der Waals surface area contributed by atoms with E-state index < -0.39 is 11.1 Å². The van der Waals surface area contributed by atoms with Gasteiger partial charge in [-0.15, -0.1) is 0 Å². The Labute approximate surface area is 162 Å². The van der Waals surface area contributed by atoms with Crippen LogP contribution in [-0.4, -0.2) is 32.2 Å². The van der Waals surface area contributed by atoms with E-state index in [0.717, 1.165) is 5.13 Å². The van der Waals surface area contributed by atoms with Crippen LogP contribution in [0.25, 0.3) is 11.2 Å². The molecule has 138 valence electrons. The number of hydrogen-bond acceptors (Lipinski definition) is 7. The van der Waals surface area contributed by atoms with E-state index in [1.54, 1.807) is 19.3 Å². The van der Waals surface area contributed by atoms with Gasteiger partial charge in [0.2, 0.25) is 0 Å². The van der Waals surface area contributed by atoms with Gasteiger partial charge in [0.1, 0.15) is 10.9 Å². The van der Waals surface area contributed by atoms with E-state index in [9.17, 15) is 9.59 Å². The number of thiazole rings is 1. The van der Waals surface area contributed by atoms with Crippen LogP contribution in [-0.2, 0) is 7.05 Å². The van der Waals surface area contributed by atoms with Gasteiger partial charge in [0.25, 0.3) is 0 Å². The van der Waals surface area contributed by atoms with Gasteiger partial charge in [-0.1, -0.05) is 22.9 Å². The number of nitrogens with zero attached hydrogens (tertiary/aromatic N) is 6. The number of pyridine rings is 1. The van der Waals surface area contributed by atoms with Crippen LogP contribution < -0.4 is 16.0 Å². The van der Waals surface area contributed by atoms with Gasteiger partial charge in [-0.25, -0.2) is 9.97 Å². The van der Waals surface area contributed by atoms with Crippen LogP contribution in [0.2, 0.25) is 5.02 Å². The Bertz CT molecular complexity index is 1180. The van der Waals surface area contributed by atoms with Crippen LogP contribution in [0.3, 0.4) is 0 Å². The van der Waals surface area contributed by atoms with Crippen molar-refractivity contribution in [3.63, 3.8) is 0 Å². The second kappa shape index (κ2) is 6.79. The molecule has 1 saturated heterocycles. The molecule has 0 atom stereocenters. The largest absolute Gasteiger partial charge is 0.348 e. The molecule has 1 aliphatic rings. The summed E-state index contributed by atoms with van der Waals surface area (Å²) in [5.74, 6) is 0. The summed E-state index contributed by atoms with van der Waals surface area (Å²) >= 11 is 7.37. The quantitative estimate of drug-likeness (QED) is 0.607. The molecule has 0 N–H and O–H groups in total. The summed E-state index contributed by atoms with van der Waals surface area (Å²) in [5, 5.41) is 10.2. The van der Waals surface area contributed by atoms with E-state index in [1.165, 1.54) is 26.7 Å². The van der Waals surface area contributed by atoms with Gasteiger partial charge in [0.15, 0.2) is 10.8 Å². The molecule has 0 aliphatic carbocycles. The maximum Gasteiger partial charge on any atom is 0.318 e. The summed E-state index contributed by atoms with van der Waals surface area (Å²) in [5.41, 5.74) is -0.161. The zero-order chi connectivity index (χ0) is 19.1. The molecule has 0 unspecified atom stereocenters. The molecule has 0 bridgehead atoms. The number of fused-ring (bicyclic) bond motifs is 1. The third kappa shape index (κ3) is 3.01. The van der Waals surface area contributed by atoms with E-state index in [0.29, 0.717) is 47.0 Å². The predicted octanol–water partition coefficient (Wildman–Crippen LogP) is 1.92. The third-order valence-electron chi connectivity index (χ3n) is 4.81. The number of anilines is 1. The fourth-order valence-electron chi connectivity index (χ4n) is 3.42. The summed E-state index contributed by atoms with van der Waals surface area (Å²) in [7, 11) is 1.55. The average Bonchev–Trinajstić information content (AvgIpc) is 3.17. The molecule has 27 heavy (non-hydrogen) atoms. The minimum atomic E-state index is -0.590. The van der Waals surface area contributed by atoms with Gasteiger partial charge >= 0.3 is 11.1 Å². The molecule has 10 heteroatoms. The van der Waals surface area contributed by atoms with Gasteiger partial charge in [-0.3, -0.25) is 14.2 Å². The smallest absolute Gasteiger partial charge is 0.318 e. The van der Waals surface area contributed by atoms with Crippen molar-refractivity contribution in [2.45, 2.75) is 18.9 Å². The summed E-state index contributed by atoms with van der Waals surface area (Å²) in [6, 6.07) is 3.61. The second-order valence-corrected chi connectivity index (χ2v) is 7.82. The van der Waals surface area contributed by atoms with Crippen LogP contribution in [0, 0.1) is 11.3 Å². The van der Waals surface area contributed by atoms with E-state index in [4.69, 9.17) is 16.9 Å². The van der Waals surface area contributed by atoms with Crippen molar-refractivity contribution in [1.29, 1.82) is 5.26 Å². The van der Waals surface area contributed by atoms with E-state index >= 15 is 0 Å². The van der Waals surface area contributed by atoms with Gasteiger partial charge in [-0.2, -0.15) is 5.26 Å². The van der Waals surface area contributed by atoms with Crippen molar-refractivity contribution < 1.29 is 0 Å². The highest BCUT2D eigenvalue weighted by Gasteiger charge is 2.26. The van der Waals surface area contributed by atoms with Crippen LogP contribution >= 0.6 is 22.9 Å². The fourth-order valence-corrected chi connectivity index (χ4v) is 4.34. The zero-order valence-corrected chi connectivity index (χ0v) is 16.0. The number of rotatable bonds is 2. The number of piperidine rings is 1. The summed E-state index contributed by atoms with van der Waals surface area (Å²) < 4.78 is 2.80. The first kappa shape index (κ1) is 17.7. The molecule has 0 radical (unpaired) electrons. The van der Waals surface area contributed by atoms with Crippen LogP contribution in [0.15, 0.2) is 28.0 Å². The molecule has 1 aliphatic heterocycles. The first-order valence-electron chi connectivity index (χ1n) is 8.37. The third-order valence-corrected chi connectivity index (χ3v) is 5.98. The van der Waals surface area contributed by atoms with Gasteiger partial charge in [-0.05, 0) is 18.9 Å². The maximum absolute atomic E-state index is 12.7. The molecule has 4 rings (SSSR count). The number of halogens is 1. The van der Waals surface area contributed by atoms with Crippen LogP contribution in [0.1, 0.15) is 23.8 Å². The molecule has 3 aromatic heterocycles. The molecule has 8 nitrogen and oxygen atoms in total. The topological polar surface area (TPSA) is 96.8 Å². The lowest BCUT2D eigenvalue weighted by Crippen LogP contribution is -2.45. The Hall–Kier alpha value is -2.70. The molecule has 0 saturated carbocycles. The van der Waals surface area contributed by atoms with Gasteiger partial charge in [0.05, 0.1) is 16.7 Å². The Balaban J connectivity index is 1.69. The minimum absolute atomic E-state index is 0.130.